The monoisotopic (exact) mass is 284 g/mol. The Kier molecular flexibility index (Phi) is 4.21. The molecule has 110 valence electrons. The van der Waals surface area contributed by atoms with Gasteiger partial charge in [-0.2, -0.15) is 0 Å². The second-order valence-corrected chi connectivity index (χ2v) is 5.44. The van der Waals surface area contributed by atoms with E-state index in [9.17, 15) is 4.79 Å². The molecule has 0 aliphatic rings. The van der Waals surface area contributed by atoms with E-state index < -0.39 is 0 Å². The lowest BCUT2D eigenvalue weighted by Gasteiger charge is -2.10. The number of nitrogens with zero attached hydrogens (tertiary/aromatic N) is 2. The number of aryl methyl sites for hydroxylation is 2. The molecule has 0 bridgehead atoms. The molecule has 0 saturated heterocycles. The molecule has 0 fully saturated rings. The molecule has 0 spiro atoms. The Labute approximate surface area is 124 Å². The standard InChI is InChI=1S/C16H20N4O/c1-9(2)15-18-8-13(17)14(20-15)16(21)19-12-6-5-10(3)11(4)7-12/h5-9H,17H2,1-4H3,(H,19,21). The van der Waals surface area contributed by atoms with Crippen LogP contribution in [0.5, 0.6) is 0 Å². The molecule has 21 heavy (non-hydrogen) atoms. The van der Waals surface area contributed by atoms with Gasteiger partial charge >= 0.3 is 0 Å². The Bertz CT molecular complexity index is 680. The average molecular weight is 284 g/mol. The number of benzene rings is 1. The summed E-state index contributed by atoms with van der Waals surface area (Å²) in [5.41, 5.74) is 9.33. The van der Waals surface area contributed by atoms with Crippen LogP contribution in [0.4, 0.5) is 11.4 Å². The third-order valence-corrected chi connectivity index (χ3v) is 3.33. The molecule has 0 radical (unpaired) electrons. The predicted octanol–water partition coefficient (Wildman–Crippen LogP) is 3.05. The van der Waals surface area contributed by atoms with Crippen LogP contribution in [0.15, 0.2) is 24.4 Å². The van der Waals surface area contributed by atoms with E-state index in [1.165, 1.54) is 11.8 Å². The summed E-state index contributed by atoms with van der Waals surface area (Å²) in [6.45, 7) is 7.96. The first-order valence-electron chi connectivity index (χ1n) is 6.89. The lowest BCUT2D eigenvalue weighted by Crippen LogP contribution is -2.18. The van der Waals surface area contributed by atoms with E-state index in [2.05, 4.69) is 15.3 Å². The molecule has 5 nitrogen and oxygen atoms in total. The second-order valence-electron chi connectivity index (χ2n) is 5.44. The van der Waals surface area contributed by atoms with Gasteiger partial charge in [0.25, 0.3) is 5.91 Å². The zero-order valence-corrected chi connectivity index (χ0v) is 12.8. The van der Waals surface area contributed by atoms with Gasteiger partial charge in [0, 0.05) is 11.6 Å². The Morgan fingerprint density at radius 3 is 2.57 bits per heavy atom. The highest BCUT2D eigenvalue weighted by Crippen LogP contribution is 2.17. The molecule has 3 N–H and O–H groups in total. The van der Waals surface area contributed by atoms with Crippen LogP contribution in [0.25, 0.3) is 0 Å². The smallest absolute Gasteiger partial charge is 0.276 e. The molecule has 1 amide bonds. The van der Waals surface area contributed by atoms with Crippen molar-refractivity contribution in [2.24, 2.45) is 0 Å². The molecule has 0 unspecified atom stereocenters. The molecular weight excluding hydrogens is 264 g/mol. The van der Waals surface area contributed by atoms with E-state index in [-0.39, 0.29) is 23.2 Å². The number of hydrogen-bond acceptors (Lipinski definition) is 4. The van der Waals surface area contributed by atoms with Gasteiger partial charge in [0.2, 0.25) is 0 Å². The molecule has 0 aliphatic heterocycles. The Morgan fingerprint density at radius 2 is 1.95 bits per heavy atom. The minimum Gasteiger partial charge on any atom is -0.396 e. The van der Waals surface area contributed by atoms with E-state index in [1.807, 2.05) is 45.9 Å². The largest absolute Gasteiger partial charge is 0.396 e. The fraction of sp³-hybridized carbons (Fsp3) is 0.312. The Hall–Kier alpha value is -2.43. The van der Waals surface area contributed by atoms with Gasteiger partial charge in [-0.05, 0) is 37.1 Å². The van der Waals surface area contributed by atoms with Crippen molar-refractivity contribution < 1.29 is 4.79 Å². The number of amides is 1. The number of rotatable bonds is 3. The summed E-state index contributed by atoms with van der Waals surface area (Å²) in [7, 11) is 0. The molecule has 2 aromatic rings. The summed E-state index contributed by atoms with van der Waals surface area (Å²) < 4.78 is 0. The number of anilines is 2. The van der Waals surface area contributed by atoms with Gasteiger partial charge in [0.05, 0.1) is 11.9 Å². The molecule has 0 saturated carbocycles. The van der Waals surface area contributed by atoms with Crippen molar-refractivity contribution in [1.82, 2.24) is 9.97 Å². The van der Waals surface area contributed by atoms with E-state index in [4.69, 9.17) is 5.73 Å². The third-order valence-electron chi connectivity index (χ3n) is 3.33. The van der Waals surface area contributed by atoms with Crippen LogP contribution in [0.2, 0.25) is 0 Å². The maximum Gasteiger partial charge on any atom is 0.276 e. The van der Waals surface area contributed by atoms with E-state index in [0.29, 0.717) is 5.82 Å². The molecule has 0 atom stereocenters. The van der Waals surface area contributed by atoms with Crippen LogP contribution >= 0.6 is 0 Å². The van der Waals surface area contributed by atoms with Crippen molar-refractivity contribution in [3.05, 3.63) is 47.0 Å². The first kappa shape index (κ1) is 15.0. The highest BCUT2D eigenvalue weighted by molar-refractivity contribution is 6.06. The van der Waals surface area contributed by atoms with Crippen molar-refractivity contribution in [3.63, 3.8) is 0 Å². The molecule has 2 rings (SSSR count). The first-order chi connectivity index (χ1) is 9.88. The highest BCUT2D eigenvalue weighted by atomic mass is 16.1. The fourth-order valence-corrected chi connectivity index (χ4v) is 1.87. The molecule has 5 heteroatoms. The number of carbonyl (C=O) groups excluding carboxylic acids is 1. The van der Waals surface area contributed by atoms with E-state index >= 15 is 0 Å². The van der Waals surface area contributed by atoms with Crippen molar-refractivity contribution in [2.45, 2.75) is 33.6 Å². The SMILES string of the molecule is Cc1ccc(NC(=O)c2nc(C(C)C)ncc2N)cc1C. The quantitative estimate of drug-likeness (QED) is 0.907. The zero-order valence-electron chi connectivity index (χ0n) is 12.8. The average Bonchev–Trinajstić information content (AvgIpc) is 2.43. The number of aromatic nitrogens is 2. The van der Waals surface area contributed by atoms with Gasteiger partial charge in [-0.1, -0.05) is 19.9 Å². The maximum absolute atomic E-state index is 12.3. The topological polar surface area (TPSA) is 80.9 Å². The minimum atomic E-state index is -0.319. The van der Waals surface area contributed by atoms with Crippen LogP contribution in [0.1, 0.15) is 47.2 Å². The van der Waals surface area contributed by atoms with Gasteiger partial charge in [0.1, 0.15) is 5.82 Å². The van der Waals surface area contributed by atoms with E-state index in [0.717, 1.165) is 11.3 Å². The lowest BCUT2D eigenvalue weighted by molar-refractivity contribution is 0.102. The highest BCUT2D eigenvalue weighted by Gasteiger charge is 2.15. The number of carbonyl (C=O) groups is 1. The van der Waals surface area contributed by atoms with Gasteiger partial charge in [-0.25, -0.2) is 9.97 Å². The maximum atomic E-state index is 12.3. The van der Waals surface area contributed by atoms with Gasteiger partial charge in [-0.15, -0.1) is 0 Å². The van der Waals surface area contributed by atoms with Crippen LogP contribution < -0.4 is 11.1 Å². The summed E-state index contributed by atoms with van der Waals surface area (Å²) in [5.74, 6) is 0.424. The lowest BCUT2D eigenvalue weighted by atomic mass is 10.1. The van der Waals surface area contributed by atoms with Crippen molar-refractivity contribution in [1.29, 1.82) is 0 Å². The molecule has 0 aliphatic carbocycles. The van der Waals surface area contributed by atoms with Crippen LogP contribution in [-0.4, -0.2) is 15.9 Å². The van der Waals surface area contributed by atoms with Crippen LogP contribution in [0, 0.1) is 13.8 Å². The first-order valence-corrected chi connectivity index (χ1v) is 6.89. The number of nitrogen functional groups attached to an aromatic ring is 1. The number of nitrogens with two attached hydrogens (primary N) is 1. The van der Waals surface area contributed by atoms with Gasteiger partial charge in [-0.3, -0.25) is 4.79 Å². The van der Waals surface area contributed by atoms with Crippen molar-refractivity contribution >= 4 is 17.3 Å². The molecule has 1 aromatic heterocycles. The summed E-state index contributed by atoms with van der Waals surface area (Å²) >= 11 is 0. The summed E-state index contributed by atoms with van der Waals surface area (Å²) in [4.78, 5) is 20.7. The zero-order chi connectivity index (χ0) is 15.6. The summed E-state index contributed by atoms with van der Waals surface area (Å²) in [6, 6.07) is 5.75. The Morgan fingerprint density at radius 1 is 1.24 bits per heavy atom. The normalized spacial score (nSPS) is 10.7. The Balaban J connectivity index is 2.27. The second kappa shape index (κ2) is 5.91. The van der Waals surface area contributed by atoms with Crippen molar-refractivity contribution in [2.75, 3.05) is 11.1 Å². The predicted molar refractivity (Wildman–Crippen MR) is 84.4 cm³/mol. The van der Waals surface area contributed by atoms with Gasteiger partial charge in [0.15, 0.2) is 5.69 Å². The van der Waals surface area contributed by atoms with Crippen LogP contribution in [0.3, 0.4) is 0 Å². The van der Waals surface area contributed by atoms with E-state index in [1.54, 1.807) is 0 Å². The van der Waals surface area contributed by atoms with Crippen LogP contribution in [-0.2, 0) is 0 Å². The fourth-order valence-electron chi connectivity index (χ4n) is 1.87. The van der Waals surface area contributed by atoms with Gasteiger partial charge < -0.3 is 11.1 Å². The van der Waals surface area contributed by atoms with Crippen molar-refractivity contribution in [3.8, 4) is 0 Å². The number of nitrogens with one attached hydrogen (secondary N) is 1. The summed E-state index contributed by atoms with van der Waals surface area (Å²) in [5, 5.41) is 2.82. The minimum absolute atomic E-state index is 0.138. The third kappa shape index (κ3) is 3.37. The molecule has 1 heterocycles. The summed E-state index contributed by atoms with van der Waals surface area (Å²) in [6.07, 6.45) is 1.48. The molecular formula is C16H20N4O. The molecule has 1 aromatic carbocycles. The number of hydrogen-bond donors (Lipinski definition) is 2.